The van der Waals surface area contributed by atoms with Gasteiger partial charge in [-0.2, -0.15) is 0 Å². The summed E-state index contributed by atoms with van der Waals surface area (Å²) in [5.41, 5.74) is -2.27. The van der Waals surface area contributed by atoms with Gasteiger partial charge in [-0.3, -0.25) is 9.59 Å². The van der Waals surface area contributed by atoms with Crippen LogP contribution < -0.4 is 20.3 Å². The molecule has 2 saturated heterocycles. The fourth-order valence-electron chi connectivity index (χ4n) is 7.37. The van der Waals surface area contributed by atoms with E-state index in [4.69, 9.17) is 27.8 Å². The zero-order valence-electron chi connectivity index (χ0n) is 31.7. The Morgan fingerprint density at radius 1 is 0.532 bits per heavy atom. The number of hydrogen-bond acceptors (Lipinski definition) is 20. The highest BCUT2D eigenvalue weighted by atomic mass is 16.7. The van der Waals surface area contributed by atoms with Gasteiger partial charge in [-0.25, -0.2) is 0 Å². The summed E-state index contributed by atoms with van der Waals surface area (Å²) in [6.45, 7) is -1.47. The summed E-state index contributed by atoms with van der Waals surface area (Å²) in [4.78, 5) is 27.0. The summed E-state index contributed by atoms with van der Waals surface area (Å²) in [6.07, 6.45) is -16.4. The molecule has 326 valence electrons. The minimum Gasteiger partial charge on any atom is -0.508 e. The normalized spacial score (nSPS) is 26.5. The van der Waals surface area contributed by atoms with E-state index in [2.05, 4.69) is 0 Å². The first-order chi connectivity index (χ1) is 29.6. The SMILES string of the molecule is O=c1cc(-c2ccc(OC3OC(CO)C(O)C(O)C3O)c(-c3c(O)cc(O)c4c(=O)cc(-c5ccc(OC6OC(CO)C(O)C(O)C6O)cc5)oc34)c2)oc2cc(O)cc(O)c12. The second-order valence-electron chi connectivity index (χ2n) is 14.6. The molecule has 2 fully saturated rings. The molecule has 2 aliphatic rings. The van der Waals surface area contributed by atoms with Crippen molar-refractivity contribution in [3.8, 4) is 68.3 Å². The Balaban J connectivity index is 1.25. The predicted molar refractivity (Wildman–Crippen MR) is 210 cm³/mol. The van der Waals surface area contributed by atoms with E-state index in [-0.39, 0.29) is 56.2 Å². The highest BCUT2D eigenvalue weighted by Crippen LogP contribution is 2.47. The molecule has 4 heterocycles. The molecule has 0 saturated carbocycles. The van der Waals surface area contributed by atoms with Crippen LogP contribution in [0.25, 0.3) is 55.7 Å². The van der Waals surface area contributed by atoms with Gasteiger partial charge in [-0.15, -0.1) is 0 Å². The Morgan fingerprint density at radius 2 is 1.08 bits per heavy atom. The molecule has 6 aromatic rings. The van der Waals surface area contributed by atoms with Crippen LogP contribution in [0.5, 0.6) is 34.5 Å². The topological polar surface area (TPSA) is 340 Å². The fraction of sp³-hybridized carbons (Fsp3) is 0.286. The number of aliphatic hydroxyl groups is 8. The van der Waals surface area contributed by atoms with Gasteiger partial charge in [-0.1, -0.05) is 0 Å². The van der Waals surface area contributed by atoms with Gasteiger partial charge < -0.3 is 89.1 Å². The average Bonchev–Trinajstić information content (AvgIpc) is 3.23. The fourth-order valence-corrected chi connectivity index (χ4v) is 7.37. The second kappa shape index (κ2) is 16.5. The van der Waals surface area contributed by atoms with Crippen LogP contribution in [0.3, 0.4) is 0 Å². The predicted octanol–water partition coefficient (Wildman–Crippen LogP) is 0.0802. The van der Waals surface area contributed by atoms with Crippen molar-refractivity contribution in [3.63, 3.8) is 0 Å². The molecule has 0 bridgehead atoms. The molecule has 12 N–H and O–H groups in total. The number of rotatable bonds is 9. The van der Waals surface area contributed by atoms with Crippen molar-refractivity contribution in [3.05, 3.63) is 93.2 Å². The monoisotopic (exact) mass is 862 g/mol. The number of phenolic OH excluding ortho intramolecular Hbond substituents is 4. The van der Waals surface area contributed by atoms with Crippen molar-refractivity contribution in [1.29, 1.82) is 0 Å². The van der Waals surface area contributed by atoms with Gasteiger partial charge in [-0.05, 0) is 42.5 Å². The molecule has 20 heteroatoms. The summed E-state index contributed by atoms with van der Waals surface area (Å²) in [6, 6.07) is 14.5. The van der Waals surface area contributed by atoms with Gasteiger partial charge in [0.15, 0.2) is 16.4 Å². The van der Waals surface area contributed by atoms with E-state index in [0.29, 0.717) is 0 Å². The van der Waals surface area contributed by atoms with Crippen LogP contribution in [-0.2, 0) is 9.47 Å². The van der Waals surface area contributed by atoms with Gasteiger partial charge in [0.05, 0.1) is 18.8 Å². The number of ether oxygens (including phenoxy) is 4. The first-order valence-electron chi connectivity index (χ1n) is 18.8. The lowest BCUT2D eigenvalue weighted by Crippen LogP contribution is -2.60. The highest BCUT2D eigenvalue weighted by molar-refractivity contribution is 6.01. The lowest BCUT2D eigenvalue weighted by Gasteiger charge is -2.39. The van der Waals surface area contributed by atoms with Crippen molar-refractivity contribution < 1.29 is 89.1 Å². The van der Waals surface area contributed by atoms with Crippen LogP contribution in [-0.4, -0.2) is 136 Å². The Bertz CT molecular complexity index is 2760. The number of aliphatic hydroxyl groups excluding tert-OH is 8. The van der Waals surface area contributed by atoms with Crippen LogP contribution in [0.15, 0.2) is 91.2 Å². The van der Waals surface area contributed by atoms with Crippen molar-refractivity contribution in [1.82, 2.24) is 0 Å². The zero-order chi connectivity index (χ0) is 44.3. The third-order valence-corrected chi connectivity index (χ3v) is 10.6. The summed E-state index contributed by atoms with van der Waals surface area (Å²) in [7, 11) is 0. The van der Waals surface area contributed by atoms with Crippen molar-refractivity contribution in [2.45, 2.75) is 61.4 Å². The molecule has 2 aromatic heterocycles. The van der Waals surface area contributed by atoms with Crippen LogP contribution in [0.4, 0.5) is 0 Å². The maximum absolute atomic E-state index is 13.8. The number of aromatic hydroxyl groups is 4. The molecule has 0 spiro atoms. The van der Waals surface area contributed by atoms with Gasteiger partial charge in [0.25, 0.3) is 0 Å². The first kappa shape index (κ1) is 42.4. The largest absolute Gasteiger partial charge is 0.508 e. The highest BCUT2D eigenvalue weighted by Gasteiger charge is 2.46. The van der Waals surface area contributed by atoms with Crippen LogP contribution in [0.2, 0.25) is 0 Å². The van der Waals surface area contributed by atoms with Gasteiger partial charge in [0, 0.05) is 47.0 Å². The number of hydrogen-bond donors (Lipinski definition) is 12. The smallest absolute Gasteiger partial charge is 0.229 e. The number of phenols is 4. The molecular weight excluding hydrogens is 824 g/mol. The molecule has 8 rings (SSSR count). The maximum atomic E-state index is 13.8. The molecule has 20 nitrogen and oxygen atoms in total. The minimum absolute atomic E-state index is 0.0785. The summed E-state index contributed by atoms with van der Waals surface area (Å²) >= 11 is 0. The molecule has 10 atom stereocenters. The molecule has 2 aliphatic heterocycles. The van der Waals surface area contributed by atoms with E-state index in [9.17, 15) is 70.9 Å². The van der Waals surface area contributed by atoms with E-state index in [1.807, 2.05) is 0 Å². The van der Waals surface area contributed by atoms with Gasteiger partial charge in [0.1, 0.15) is 111 Å². The Kier molecular flexibility index (Phi) is 11.3. The van der Waals surface area contributed by atoms with Crippen molar-refractivity contribution >= 4 is 21.9 Å². The quantitative estimate of drug-likeness (QED) is 0.0915. The van der Waals surface area contributed by atoms with Crippen molar-refractivity contribution in [2.24, 2.45) is 0 Å². The lowest BCUT2D eigenvalue weighted by atomic mass is 9.96. The molecule has 4 aromatic carbocycles. The number of fused-ring (bicyclic) bond motifs is 2. The molecule has 10 unspecified atom stereocenters. The molecule has 0 aliphatic carbocycles. The maximum Gasteiger partial charge on any atom is 0.229 e. The van der Waals surface area contributed by atoms with Gasteiger partial charge in [0.2, 0.25) is 12.6 Å². The first-order valence-corrected chi connectivity index (χ1v) is 18.8. The molecule has 0 amide bonds. The second-order valence-corrected chi connectivity index (χ2v) is 14.6. The molecular formula is C42H38O20. The van der Waals surface area contributed by atoms with Crippen molar-refractivity contribution in [2.75, 3.05) is 13.2 Å². The van der Waals surface area contributed by atoms with E-state index >= 15 is 0 Å². The summed E-state index contributed by atoms with van der Waals surface area (Å²) in [5, 5.41) is 124. The Morgan fingerprint density at radius 3 is 1.69 bits per heavy atom. The minimum atomic E-state index is -1.90. The van der Waals surface area contributed by atoms with Crippen LogP contribution in [0, 0.1) is 0 Å². The molecule has 62 heavy (non-hydrogen) atoms. The third-order valence-electron chi connectivity index (χ3n) is 10.6. The average molecular weight is 863 g/mol. The zero-order valence-corrected chi connectivity index (χ0v) is 31.7. The number of benzene rings is 4. The van der Waals surface area contributed by atoms with E-state index in [1.54, 1.807) is 0 Å². The van der Waals surface area contributed by atoms with Gasteiger partial charge >= 0.3 is 0 Å². The van der Waals surface area contributed by atoms with E-state index in [1.165, 1.54) is 42.5 Å². The van der Waals surface area contributed by atoms with E-state index < -0.39 is 119 Å². The molecule has 0 radical (unpaired) electrons. The third kappa shape index (κ3) is 7.53. The summed E-state index contributed by atoms with van der Waals surface area (Å²) < 4.78 is 34.8. The van der Waals surface area contributed by atoms with Crippen LogP contribution in [0.1, 0.15) is 0 Å². The Labute approximate surface area is 346 Å². The summed E-state index contributed by atoms with van der Waals surface area (Å²) in [5.74, 6) is -2.78. The standard InChI is InChI=1S/C42H38O20/c43-13-29-34(51)36(53)38(55)41(61-29)57-18-4-1-15(2-5-18)26-12-24(50)33-22(48)10-21(47)31(40(33)59-26)19-7-16(27-11-23(49)32-20(46)8-17(45)9-28(32)58-27)3-6-25(19)60-42-39(56)37(54)35(52)30(14-44)62-42/h1-12,29-30,34-39,41-48,51-56H,13-14H2. The lowest BCUT2D eigenvalue weighted by molar-refractivity contribution is -0.277. The Hall–Kier alpha value is -6.30. The van der Waals surface area contributed by atoms with Crippen LogP contribution >= 0.6 is 0 Å². The van der Waals surface area contributed by atoms with E-state index in [0.717, 1.165) is 30.3 Å².